The first kappa shape index (κ1) is 12.2. The van der Waals surface area contributed by atoms with Crippen LogP contribution >= 0.6 is 0 Å². The van der Waals surface area contributed by atoms with Crippen molar-refractivity contribution in [3.8, 4) is 0 Å². The second-order valence-electron chi connectivity index (χ2n) is 7.57. The molecule has 0 amide bonds. The topological polar surface area (TPSA) is 40.5 Å². The number of hydrogen-bond donors (Lipinski definition) is 1. The fourth-order valence-electron chi connectivity index (χ4n) is 5.79. The van der Waals surface area contributed by atoms with Gasteiger partial charge in [0.15, 0.2) is 0 Å². The predicted octanol–water partition coefficient (Wildman–Crippen LogP) is 2.75. The van der Waals surface area contributed by atoms with Crippen molar-refractivity contribution in [1.82, 2.24) is 4.90 Å². The minimum absolute atomic E-state index is 0.289. The van der Waals surface area contributed by atoms with E-state index in [2.05, 4.69) is 4.90 Å². The molecular formula is C16H25NO2. The van der Waals surface area contributed by atoms with Gasteiger partial charge in [0, 0.05) is 12.1 Å². The Hall–Kier alpha value is -0.570. The standard InChI is InChI=1S/C16H25NO2/c18-15(19)9-17(14-2-1-3-14)16-12-5-10-4-11(7-12)8-13(16)6-10/h10-14,16H,1-9H2,(H,18,19). The van der Waals surface area contributed by atoms with Gasteiger partial charge in [-0.15, -0.1) is 0 Å². The minimum atomic E-state index is -0.624. The van der Waals surface area contributed by atoms with Crippen LogP contribution in [0.3, 0.4) is 0 Å². The molecule has 0 spiro atoms. The van der Waals surface area contributed by atoms with Gasteiger partial charge in [0.1, 0.15) is 0 Å². The molecule has 1 N–H and O–H groups in total. The maximum absolute atomic E-state index is 11.2. The van der Waals surface area contributed by atoms with Gasteiger partial charge in [0.05, 0.1) is 6.54 Å². The lowest BCUT2D eigenvalue weighted by Crippen LogP contribution is -2.60. The summed E-state index contributed by atoms with van der Waals surface area (Å²) >= 11 is 0. The predicted molar refractivity (Wildman–Crippen MR) is 72.8 cm³/mol. The Kier molecular flexibility index (Phi) is 2.87. The molecule has 4 bridgehead atoms. The molecule has 0 unspecified atom stereocenters. The van der Waals surface area contributed by atoms with E-state index < -0.39 is 5.97 Å². The molecule has 0 aromatic carbocycles. The van der Waals surface area contributed by atoms with Crippen LogP contribution in [0.25, 0.3) is 0 Å². The summed E-state index contributed by atoms with van der Waals surface area (Å²) in [5.74, 6) is 2.96. The first-order chi connectivity index (χ1) is 9.20. The Morgan fingerprint density at radius 1 is 1.00 bits per heavy atom. The molecule has 106 valence electrons. The molecule has 5 rings (SSSR count). The third-order valence-electron chi connectivity index (χ3n) is 6.42. The summed E-state index contributed by atoms with van der Waals surface area (Å²) in [6, 6.07) is 1.19. The number of aliphatic carboxylic acids is 1. The molecule has 5 saturated carbocycles. The van der Waals surface area contributed by atoms with Crippen LogP contribution in [0.2, 0.25) is 0 Å². The first-order valence-corrected chi connectivity index (χ1v) is 8.18. The van der Waals surface area contributed by atoms with Gasteiger partial charge in [-0.05, 0) is 68.6 Å². The Morgan fingerprint density at radius 2 is 1.58 bits per heavy atom. The quantitative estimate of drug-likeness (QED) is 0.848. The van der Waals surface area contributed by atoms with E-state index in [9.17, 15) is 9.90 Å². The molecular weight excluding hydrogens is 238 g/mol. The van der Waals surface area contributed by atoms with Crippen LogP contribution < -0.4 is 0 Å². The number of carboxylic acids is 1. The summed E-state index contributed by atoms with van der Waals surface area (Å²) in [6.45, 7) is 0.289. The lowest BCUT2D eigenvalue weighted by atomic mass is 9.53. The van der Waals surface area contributed by atoms with Crippen LogP contribution in [0.4, 0.5) is 0 Å². The zero-order valence-electron chi connectivity index (χ0n) is 11.6. The van der Waals surface area contributed by atoms with Crippen LogP contribution in [-0.2, 0) is 4.79 Å². The maximum atomic E-state index is 11.2. The minimum Gasteiger partial charge on any atom is -0.480 e. The normalized spacial score (nSPS) is 44.6. The van der Waals surface area contributed by atoms with Crippen LogP contribution in [0.15, 0.2) is 0 Å². The molecule has 0 atom stereocenters. The number of nitrogens with zero attached hydrogens (tertiary/aromatic N) is 1. The molecule has 0 aromatic heterocycles. The van der Waals surface area contributed by atoms with E-state index in [1.165, 1.54) is 51.4 Å². The fraction of sp³-hybridized carbons (Fsp3) is 0.938. The Balaban J connectivity index is 1.56. The second-order valence-corrected chi connectivity index (χ2v) is 7.57. The molecule has 5 aliphatic carbocycles. The molecule has 5 aliphatic rings. The summed E-state index contributed by atoms with van der Waals surface area (Å²) in [5.41, 5.74) is 0. The van der Waals surface area contributed by atoms with E-state index in [0.717, 1.165) is 23.7 Å². The maximum Gasteiger partial charge on any atom is 0.317 e. The number of hydrogen-bond acceptors (Lipinski definition) is 2. The van der Waals surface area contributed by atoms with Gasteiger partial charge in [-0.25, -0.2) is 0 Å². The molecule has 3 heteroatoms. The Bertz CT molecular complexity index is 349. The van der Waals surface area contributed by atoms with E-state index >= 15 is 0 Å². The third kappa shape index (κ3) is 2.01. The second kappa shape index (κ2) is 4.47. The highest BCUT2D eigenvalue weighted by Crippen LogP contribution is 2.55. The van der Waals surface area contributed by atoms with Crippen molar-refractivity contribution >= 4 is 5.97 Å². The van der Waals surface area contributed by atoms with E-state index in [0.29, 0.717) is 12.1 Å². The summed E-state index contributed by atoms with van der Waals surface area (Å²) in [6.07, 6.45) is 10.8. The molecule has 0 aromatic rings. The van der Waals surface area contributed by atoms with Crippen molar-refractivity contribution < 1.29 is 9.90 Å². The van der Waals surface area contributed by atoms with Gasteiger partial charge in [-0.1, -0.05) is 6.42 Å². The smallest absolute Gasteiger partial charge is 0.317 e. The number of carbonyl (C=O) groups is 1. The molecule has 3 nitrogen and oxygen atoms in total. The first-order valence-electron chi connectivity index (χ1n) is 8.18. The lowest BCUT2D eigenvalue weighted by molar-refractivity contribution is -0.145. The van der Waals surface area contributed by atoms with Gasteiger partial charge < -0.3 is 5.11 Å². The van der Waals surface area contributed by atoms with Crippen LogP contribution in [0, 0.1) is 23.7 Å². The SMILES string of the molecule is O=C(O)CN(C1CCC1)C1C2CC3CC(C2)CC1C3. The highest BCUT2D eigenvalue weighted by molar-refractivity contribution is 5.69. The van der Waals surface area contributed by atoms with Gasteiger partial charge in [0.2, 0.25) is 0 Å². The zero-order chi connectivity index (χ0) is 13.0. The van der Waals surface area contributed by atoms with Crippen molar-refractivity contribution in [3.63, 3.8) is 0 Å². The van der Waals surface area contributed by atoms with Gasteiger partial charge in [-0.3, -0.25) is 9.69 Å². The van der Waals surface area contributed by atoms with E-state index in [1.807, 2.05) is 0 Å². The molecule has 5 fully saturated rings. The number of carboxylic acid groups (broad SMARTS) is 1. The summed E-state index contributed by atoms with van der Waals surface area (Å²) < 4.78 is 0. The zero-order valence-corrected chi connectivity index (χ0v) is 11.6. The monoisotopic (exact) mass is 263 g/mol. The molecule has 0 radical (unpaired) electrons. The largest absolute Gasteiger partial charge is 0.480 e. The van der Waals surface area contributed by atoms with Crippen LogP contribution in [-0.4, -0.2) is 34.6 Å². The third-order valence-corrected chi connectivity index (χ3v) is 6.42. The summed E-state index contributed by atoms with van der Waals surface area (Å²) in [4.78, 5) is 13.7. The van der Waals surface area contributed by atoms with E-state index in [4.69, 9.17) is 0 Å². The van der Waals surface area contributed by atoms with E-state index in [1.54, 1.807) is 0 Å². The average molecular weight is 263 g/mol. The van der Waals surface area contributed by atoms with Crippen molar-refractivity contribution in [2.75, 3.05) is 6.54 Å². The van der Waals surface area contributed by atoms with Crippen molar-refractivity contribution in [2.45, 2.75) is 63.5 Å². The molecule has 0 aliphatic heterocycles. The highest BCUT2D eigenvalue weighted by atomic mass is 16.4. The fourth-order valence-corrected chi connectivity index (χ4v) is 5.79. The Labute approximate surface area is 115 Å². The number of rotatable bonds is 4. The van der Waals surface area contributed by atoms with E-state index in [-0.39, 0.29) is 6.54 Å². The van der Waals surface area contributed by atoms with Gasteiger partial charge in [-0.2, -0.15) is 0 Å². The van der Waals surface area contributed by atoms with Crippen LogP contribution in [0.5, 0.6) is 0 Å². The van der Waals surface area contributed by atoms with Crippen molar-refractivity contribution in [1.29, 1.82) is 0 Å². The molecule has 19 heavy (non-hydrogen) atoms. The highest BCUT2D eigenvalue weighted by Gasteiger charge is 2.51. The van der Waals surface area contributed by atoms with Crippen molar-refractivity contribution in [2.24, 2.45) is 23.7 Å². The van der Waals surface area contributed by atoms with Gasteiger partial charge >= 0.3 is 5.97 Å². The van der Waals surface area contributed by atoms with Gasteiger partial charge in [0.25, 0.3) is 0 Å². The molecule has 0 saturated heterocycles. The molecule has 0 heterocycles. The van der Waals surface area contributed by atoms with Crippen molar-refractivity contribution in [3.05, 3.63) is 0 Å². The summed E-state index contributed by atoms with van der Waals surface area (Å²) in [7, 11) is 0. The summed E-state index contributed by atoms with van der Waals surface area (Å²) in [5, 5.41) is 9.27. The average Bonchev–Trinajstić information content (AvgIpc) is 2.23. The Morgan fingerprint density at radius 3 is 2.00 bits per heavy atom. The van der Waals surface area contributed by atoms with Crippen LogP contribution in [0.1, 0.15) is 51.4 Å². The lowest BCUT2D eigenvalue weighted by Gasteiger charge is -2.59.